The molecule has 2 heteroatoms. The van der Waals surface area contributed by atoms with E-state index in [0.717, 1.165) is 11.4 Å². The molecule has 0 heterocycles. The lowest BCUT2D eigenvalue weighted by Crippen LogP contribution is -2.23. The van der Waals surface area contributed by atoms with Crippen LogP contribution >= 0.6 is 0 Å². The van der Waals surface area contributed by atoms with Gasteiger partial charge in [-0.1, -0.05) is 20.3 Å². The van der Waals surface area contributed by atoms with E-state index in [1.54, 1.807) is 0 Å². The van der Waals surface area contributed by atoms with Crippen molar-refractivity contribution < 1.29 is 0 Å². The number of hydrogen-bond acceptors (Lipinski definition) is 2. The van der Waals surface area contributed by atoms with Crippen LogP contribution in [0.2, 0.25) is 0 Å². The number of benzene rings is 1. The Labute approximate surface area is 86.5 Å². The largest absolute Gasteiger partial charge is 0.399 e. The predicted molar refractivity (Wildman–Crippen MR) is 63.4 cm³/mol. The van der Waals surface area contributed by atoms with Gasteiger partial charge in [0.25, 0.3) is 0 Å². The number of nitrogens with two attached hydrogens (primary N) is 1. The minimum atomic E-state index is 0.503. The number of nitrogens with one attached hydrogen (secondary N) is 1. The van der Waals surface area contributed by atoms with Gasteiger partial charge in [-0.15, -0.1) is 0 Å². The fourth-order valence-corrected chi connectivity index (χ4v) is 1.34. The van der Waals surface area contributed by atoms with Crippen LogP contribution in [0.25, 0.3) is 0 Å². The SMILES string of the molecule is CCC(C)C(C)Nc1ccc(N)cc1. The van der Waals surface area contributed by atoms with Gasteiger partial charge >= 0.3 is 0 Å². The van der Waals surface area contributed by atoms with E-state index in [-0.39, 0.29) is 0 Å². The molecule has 0 aliphatic carbocycles. The molecule has 0 radical (unpaired) electrons. The third kappa shape index (κ3) is 2.95. The summed E-state index contributed by atoms with van der Waals surface area (Å²) in [5.41, 5.74) is 7.57. The minimum Gasteiger partial charge on any atom is -0.399 e. The topological polar surface area (TPSA) is 38.0 Å². The maximum Gasteiger partial charge on any atom is 0.0343 e. The van der Waals surface area contributed by atoms with Crippen LogP contribution in [-0.2, 0) is 0 Å². The summed E-state index contributed by atoms with van der Waals surface area (Å²) >= 11 is 0. The molecule has 1 aromatic carbocycles. The molecule has 0 fully saturated rings. The van der Waals surface area contributed by atoms with Gasteiger partial charge in [-0.25, -0.2) is 0 Å². The zero-order valence-corrected chi connectivity index (χ0v) is 9.25. The Balaban J connectivity index is 2.56. The van der Waals surface area contributed by atoms with E-state index in [9.17, 15) is 0 Å². The highest BCUT2D eigenvalue weighted by atomic mass is 14.9. The highest BCUT2D eigenvalue weighted by molar-refractivity contribution is 5.51. The van der Waals surface area contributed by atoms with Gasteiger partial charge in [-0.05, 0) is 37.1 Å². The number of anilines is 2. The summed E-state index contributed by atoms with van der Waals surface area (Å²) in [5, 5.41) is 3.46. The molecular weight excluding hydrogens is 172 g/mol. The summed E-state index contributed by atoms with van der Waals surface area (Å²) in [6, 6.07) is 8.39. The Hall–Kier alpha value is -1.18. The molecule has 0 saturated heterocycles. The quantitative estimate of drug-likeness (QED) is 0.719. The Morgan fingerprint density at radius 2 is 1.79 bits per heavy atom. The summed E-state index contributed by atoms with van der Waals surface area (Å²) in [6.07, 6.45) is 1.20. The van der Waals surface area contributed by atoms with E-state index in [1.807, 2.05) is 24.3 Å². The fraction of sp³-hybridized carbons (Fsp3) is 0.500. The molecule has 0 bridgehead atoms. The zero-order valence-electron chi connectivity index (χ0n) is 9.25. The maximum atomic E-state index is 5.62. The van der Waals surface area contributed by atoms with Gasteiger partial charge in [-0.2, -0.15) is 0 Å². The standard InChI is InChI=1S/C12H20N2/c1-4-9(2)10(3)14-12-7-5-11(13)6-8-12/h5-10,14H,4,13H2,1-3H3. The van der Waals surface area contributed by atoms with Crippen LogP contribution < -0.4 is 11.1 Å². The summed E-state index contributed by atoms with van der Waals surface area (Å²) < 4.78 is 0. The maximum absolute atomic E-state index is 5.62. The first-order valence-corrected chi connectivity index (χ1v) is 5.25. The lowest BCUT2D eigenvalue weighted by atomic mass is 10.0. The summed E-state index contributed by atoms with van der Waals surface area (Å²) in [7, 11) is 0. The average molecular weight is 192 g/mol. The van der Waals surface area contributed by atoms with Crippen LogP contribution in [0, 0.1) is 5.92 Å². The first kappa shape index (κ1) is 10.9. The van der Waals surface area contributed by atoms with Crippen molar-refractivity contribution in [3.63, 3.8) is 0 Å². The highest BCUT2D eigenvalue weighted by Gasteiger charge is 2.08. The van der Waals surface area contributed by atoms with Crippen molar-refractivity contribution in [3.8, 4) is 0 Å². The Kier molecular flexibility index (Phi) is 3.81. The zero-order chi connectivity index (χ0) is 10.6. The molecule has 0 saturated carbocycles. The lowest BCUT2D eigenvalue weighted by Gasteiger charge is -2.21. The van der Waals surface area contributed by atoms with Crippen molar-refractivity contribution in [3.05, 3.63) is 24.3 Å². The van der Waals surface area contributed by atoms with Gasteiger partial charge in [-0.3, -0.25) is 0 Å². The predicted octanol–water partition coefficient (Wildman–Crippen LogP) is 3.12. The molecule has 0 aliphatic rings. The second-order valence-electron chi connectivity index (χ2n) is 3.94. The lowest BCUT2D eigenvalue weighted by molar-refractivity contribution is 0.494. The van der Waals surface area contributed by atoms with Crippen molar-refractivity contribution >= 4 is 11.4 Å². The third-order valence-electron chi connectivity index (χ3n) is 2.80. The average Bonchev–Trinajstić information content (AvgIpc) is 2.20. The summed E-state index contributed by atoms with van der Waals surface area (Å²) in [5.74, 6) is 0.688. The van der Waals surface area contributed by atoms with Crippen LogP contribution in [0.4, 0.5) is 11.4 Å². The van der Waals surface area contributed by atoms with Gasteiger partial charge < -0.3 is 11.1 Å². The Bertz CT molecular complexity index is 266. The van der Waals surface area contributed by atoms with Gasteiger partial charge in [0.2, 0.25) is 0 Å². The van der Waals surface area contributed by atoms with Gasteiger partial charge in [0, 0.05) is 17.4 Å². The number of nitrogen functional groups attached to an aromatic ring is 1. The van der Waals surface area contributed by atoms with Crippen LogP contribution in [0.3, 0.4) is 0 Å². The molecule has 14 heavy (non-hydrogen) atoms. The van der Waals surface area contributed by atoms with Crippen LogP contribution in [-0.4, -0.2) is 6.04 Å². The molecule has 2 atom stereocenters. The van der Waals surface area contributed by atoms with E-state index >= 15 is 0 Å². The van der Waals surface area contributed by atoms with E-state index < -0.39 is 0 Å². The molecule has 3 N–H and O–H groups in total. The Morgan fingerprint density at radius 3 is 2.29 bits per heavy atom. The third-order valence-corrected chi connectivity index (χ3v) is 2.80. The van der Waals surface area contributed by atoms with Gasteiger partial charge in [0.05, 0.1) is 0 Å². The molecule has 2 nitrogen and oxygen atoms in total. The molecule has 0 amide bonds. The second-order valence-corrected chi connectivity index (χ2v) is 3.94. The Morgan fingerprint density at radius 1 is 1.21 bits per heavy atom. The minimum absolute atomic E-state index is 0.503. The van der Waals surface area contributed by atoms with Crippen molar-refractivity contribution in [2.24, 2.45) is 5.92 Å². The number of rotatable bonds is 4. The van der Waals surface area contributed by atoms with Crippen molar-refractivity contribution in [1.82, 2.24) is 0 Å². The molecule has 1 rings (SSSR count). The van der Waals surface area contributed by atoms with Gasteiger partial charge in [0.15, 0.2) is 0 Å². The van der Waals surface area contributed by atoms with E-state index in [4.69, 9.17) is 5.73 Å². The van der Waals surface area contributed by atoms with Crippen molar-refractivity contribution in [2.45, 2.75) is 33.2 Å². The monoisotopic (exact) mass is 192 g/mol. The molecule has 0 aliphatic heterocycles. The number of hydrogen-bond donors (Lipinski definition) is 2. The highest BCUT2D eigenvalue weighted by Crippen LogP contribution is 2.16. The summed E-state index contributed by atoms with van der Waals surface area (Å²) in [4.78, 5) is 0. The molecular formula is C12H20N2. The van der Waals surface area contributed by atoms with Crippen LogP contribution in [0.1, 0.15) is 27.2 Å². The first-order chi connectivity index (χ1) is 6.63. The normalized spacial score (nSPS) is 14.8. The summed E-state index contributed by atoms with van der Waals surface area (Å²) in [6.45, 7) is 6.69. The van der Waals surface area contributed by atoms with E-state index in [0.29, 0.717) is 12.0 Å². The van der Waals surface area contributed by atoms with Crippen LogP contribution in [0.5, 0.6) is 0 Å². The van der Waals surface area contributed by atoms with Crippen LogP contribution in [0.15, 0.2) is 24.3 Å². The molecule has 1 aromatic rings. The van der Waals surface area contributed by atoms with E-state index in [1.165, 1.54) is 6.42 Å². The van der Waals surface area contributed by atoms with Crippen molar-refractivity contribution in [2.75, 3.05) is 11.1 Å². The van der Waals surface area contributed by atoms with Crippen molar-refractivity contribution in [1.29, 1.82) is 0 Å². The van der Waals surface area contributed by atoms with Gasteiger partial charge in [0.1, 0.15) is 0 Å². The first-order valence-electron chi connectivity index (χ1n) is 5.25. The molecule has 0 aromatic heterocycles. The smallest absolute Gasteiger partial charge is 0.0343 e. The molecule has 78 valence electrons. The fourth-order valence-electron chi connectivity index (χ4n) is 1.34. The second kappa shape index (κ2) is 4.89. The van der Waals surface area contributed by atoms with E-state index in [2.05, 4.69) is 26.1 Å². The molecule has 2 unspecified atom stereocenters. The molecule has 0 spiro atoms.